The summed E-state index contributed by atoms with van der Waals surface area (Å²) in [6.45, 7) is 3.66. The Labute approximate surface area is 134 Å². The molecule has 0 saturated carbocycles. The van der Waals surface area contributed by atoms with Crippen molar-refractivity contribution in [2.75, 3.05) is 0 Å². The zero-order valence-corrected chi connectivity index (χ0v) is 13.0. The second kappa shape index (κ2) is 7.54. The van der Waals surface area contributed by atoms with Crippen molar-refractivity contribution in [3.05, 3.63) is 71.5 Å². The number of rotatable bonds is 5. The van der Waals surface area contributed by atoms with Gasteiger partial charge in [-0.2, -0.15) is 0 Å². The molecule has 2 rings (SSSR count). The van der Waals surface area contributed by atoms with Crippen molar-refractivity contribution in [2.45, 2.75) is 25.9 Å². The molecule has 0 radical (unpaired) electrons. The summed E-state index contributed by atoms with van der Waals surface area (Å²) < 4.78 is 13.7. The van der Waals surface area contributed by atoms with E-state index in [-0.39, 0.29) is 17.5 Å². The first kappa shape index (κ1) is 16.7. The summed E-state index contributed by atoms with van der Waals surface area (Å²) in [6.07, 6.45) is 0. The van der Waals surface area contributed by atoms with E-state index in [1.165, 1.54) is 18.2 Å². The van der Waals surface area contributed by atoms with Gasteiger partial charge in [0.25, 0.3) is 5.91 Å². The molecule has 2 aromatic rings. The van der Waals surface area contributed by atoms with Gasteiger partial charge in [-0.15, -0.1) is 0 Å². The molecule has 0 fully saturated rings. The fourth-order valence-electron chi connectivity index (χ4n) is 2.17. The lowest BCUT2D eigenvalue weighted by atomic mass is 10.0. The molecule has 2 amide bonds. The second-order valence-corrected chi connectivity index (χ2v) is 5.46. The lowest BCUT2D eigenvalue weighted by Gasteiger charge is -2.20. The summed E-state index contributed by atoms with van der Waals surface area (Å²) in [5.41, 5.74) is 0.543. The number of hydrogen-bond donors (Lipinski definition) is 2. The molecule has 2 aromatic carbocycles. The molecule has 0 aromatic heterocycles. The Hall–Kier alpha value is -2.69. The van der Waals surface area contributed by atoms with E-state index in [1.54, 1.807) is 30.3 Å². The predicted molar refractivity (Wildman–Crippen MR) is 86.3 cm³/mol. The van der Waals surface area contributed by atoms with Crippen molar-refractivity contribution in [1.82, 2.24) is 10.6 Å². The van der Waals surface area contributed by atoms with Crippen LogP contribution in [0.25, 0.3) is 0 Å². The first-order chi connectivity index (χ1) is 11.0. The highest BCUT2D eigenvalue weighted by atomic mass is 19.1. The van der Waals surface area contributed by atoms with E-state index in [2.05, 4.69) is 10.6 Å². The van der Waals surface area contributed by atoms with Gasteiger partial charge in [0.05, 0.1) is 5.56 Å². The zero-order valence-electron chi connectivity index (χ0n) is 13.0. The summed E-state index contributed by atoms with van der Waals surface area (Å²) in [4.78, 5) is 24.7. The highest BCUT2D eigenvalue weighted by Gasteiger charge is 2.24. The third kappa shape index (κ3) is 4.39. The monoisotopic (exact) mass is 314 g/mol. The van der Waals surface area contributed by atoms with Crippen molar-refractivity contribution in [2.24, 2.45) is 0 Å². The maximum atomic E-state index is 13.7. The van der Waals surface area contributed by atoms with E-state index >= 15 is 0 Å². The highest BCUT2D eigenvalue weighted by Crippen LogP contribution is 2.15. The molecule has 0 saturated heterocycles. The molecule has 23 heavy (non-hydrogen) atoms. The van der Waals surface area contributed by atoms with E-state index in [0.29, 0.717) is 5.56 Å². The molecule has 5 heteroatoms. The summed E-state index contributed by atoms with van der Waals surface area (Å²) in [5.74, 6) is -1.59. The molecule has 0 spiro atoms. The number of hydrogen-bond acceptors (Lipinski definition) is 2. The van der Waals surface area contributed by atoms with Crippen LogP contribution in [-0.2, 0) is 4.79 Å². The number of benzene rings is 2. The molecule has 0 aliphatic heterocycles. The largest absolute Gasteiger partial charge is 0.352 e. The van der Waals surface area contributed by atoms with Gasteiger partial charge < -0.3 is 10.6 Å². The van der Waals surface area contributed by atoms with Crippen LogP contribution >= 0.6 is 0 Å². The van der Waals surface area contributed by atoms with Crippen LogP contribution in [0.4, 0.5) is 4.39 Å². The third-order valence-corrected chi connectivity index (χ3v) is 3.22. The summed E-state index contributed by atoms with van der Waals surface area (Å²) in [5, 5.41) is 5.37. The average molecular weight is 314 g/mol. The molecular formula is C18H19FN2O2. The second-order valence-electron chi connectivity index (χ2n) is 5.46. The number of amides is 2. The van der Waals surface area contributed by atoms with E-state index < -0.39 is 17.8 Å². The Kier molecular flexibility index (Phi) is 5.46. The minimum atomic E-state index is -0.884. The van der Waals surface area contributed by atoms with Gasteiger partial charge in [-0.05, 0) is 31.5 Å². The maximum Gasteiger partial charge on any atom is 0.255 e. The minimum Gasteiger partial charge on any atom is -0.352 e. The quantitative estimate of drug-likeness (QED) is 0.891. The van der Waals surface area contributed by atoms with Crippen molar-refractivity contribution in [3.8, 4) is 0 Å². The van der Waals surface area contributed by atoms with Crippen LogP contribution in [0.2, 0.25) is 0 Å². The molecule has 0 aliphatic rings. The van der Waals surface area contributed by atoms with Crippen molar-refractivity contribution in [1.29, 1.82) is 0 Å². The van der Waals surface area contributed by atoms with Gasteiger partial charge in [0.2, 0.25) is 5.91 Å². The molecule has 2 N–H and O–H groups in total. The predicted octanol–water partition coefficient (Wildman–Crippen LogP) is 2.82. The van der Waals surface area contributed by atoms with Gasteiger partial charge in [-0.3, -0.25) is 9.59 Å². The van der Waals surface area contributed by atoms with E-state index in [1.807, 2.05) is 19.9 Å². The van der Waals surface area contributed by atoms with Crippen molar-refractivity contribution < 1.29 is 14.0 Å². The van der Waals surface area contributed by atoms with Gasteiger partial charge in [0, 0.05) is 6.04 Å². The fraction of sp³-hybridized carbons (Fsp3) is 0.222. The van der Waals surface area contributed by atoms with Gasteiger partial charge >= 0.3 is 0 Å². The standard InChI is InChI=1S/C18H19FN2O2/c1-12(2)20-18(23)16(13-8-4-3-5-9-13)21-17(22)14-10-6-7-11-15(14)19/h3-12,16H,1-2H3,(H,20,23)(H,21,22)/t16-/m0/s1. The molecule has 0 aliphatic carbocycles. The zero-order chi connectivity index (χ0) is 16.8. The molecule has 0 unspecified atom stereocenters. The van der Waals surface area contributed by atoms with Crippen LogP contribution in [-0.4, -0.2) is 17.9 Å². The van der Waals surface area contributed by atoms with Gasteiger partial charge in [-0.25, -0.2) is 4.39 Å². The van der Waals surface area contributed by atoms with E-state index in [9.17, 15) is 14.0 Å². The molecule has 0 heterocycles. The van der Waals surface area contributed by atoms with Gasteiger partial charge in [0.15, 0.2) is 0 Å². The third-order valence-electron chi connectivity index (χ3n) is 3.22. The topological polar surface area (TPSA) is 58.2 Å². The first-order valence-electron chi connectivity index (χ1n) is 7.39. The molecule has 4 nitrogen and oxygen atoms in total. The number of halogens is 1. The highest BCUT2D eigenvalue weighted by molar-refractivity contribution is 5.98. The number of carbonyl (C=O) groups is 2. The summed E-state index contributed by atoms with van der Waals surface area (Å²) in [6, 6.07) is 13.6. The smallest absolute Gasteiger partial charge is 0.255 e. The first-order valence-corrected chi connectivity index (χ1v) is 7.39. The van der Waals surface area contributed by atoms with Crippen LogP contribution < -0.4 is 10.6 Å². The van der Waals surface area contributed by atoms with Crippen LogP contribution in [0.15, 0.2) is 54.6 Å². The van der Waals surface area contributed by atoms with Crippen LogP contribution in [0.1, 0.15) is 35.8 Å². The van der Waals surface area contributed by atoms with Gasteiger partial charge in [-0.1, -0.05) is 42.5 Å². The Morgan fingerprint density at radius 2 is 1.52 bits per heavy atom. The van der Waals surface area contributed by atoms with Crippen LogP contribution in [0.3, 0.4) is 0 Å². The van der Waals surface area contributed by atoms with Crippen LogP contribution in [0.5, 0.6) is 0 Å². The van der Waals surface area contributed by atoms with Gasteiger partial charge in [0.1, 0.15) is 11.9 Å². The fourth-order valence-corrected chi connectivity index (χ4v) is 2.17. The Balaban J connectivity index is 2.26. The minimum absolute atomic E-state index is 0.0703. The van der Waals surface area contributed by atoms with Crippen LogP contribution in [0, 0.1) is 5.82 Å². The Bertz CT molecular complexity index is 686. The SMILES string of the molecule is CC(C)NC(=O)[C@@H](NC(=O)c1ccccc1F)c1ccccc1. The lowest BCUT2D eigenvalue weighted by Crippen LogP contribution is -2.43. The maximum absolute atomic E-state index is 13.7. The molecule has 120 valence electrons. The normalized spacial score (nSPS) is 11.8. The molecule has 0 bridgehead atoms. The Morgan fingerprint density at radius 1 is 0.913 bits per heavy atom. The van der Waals surface area contributed by atoms with Crippen molar-refractivity contribution >= 4 is 11.8 Å². The molecular weight excluding hydrogens is 295 g/mol. The lowest BCUT2D eigenvalue weighted by molar-refractivity contribution is -0.123. The van der Waals surface area contributed by atoms with Crippen molar-refractivity contribution in [3.63, 3.8) is 0 Å². The molecule has 1 atom stereocenters. The van der Waals surface area contributed by atoms with E-state index in [0.717, 1.165) is 0 Å². The summed E-state index contributed by atoms with van der Waals surface area (Å²) in [7, 11) is 0. The van der Waals surface area contributed by atoms with E-state index in [4.69, 9.17) is 0 Å². The average Bonchev–Trinajstić information content (AvgIpc) is 2.53. The summed E-state index contributed by atoms with van der Waals surface area (Å²) >= 11 is 0. The Morgan fingerprint density at radius 3 is 2.13 bits per heavy atom. The number of nitrogens with one attached hydrogen (secondary N) is 2. The number of carbonyl (C=O) groups excluding carboxylic acids is 2.